The molecule has 0 N–H and O–H groups in total. The third kappa shape index (κ3) is 4.30. The predicted octanol–water partition coefficient (Wildman–Crippen LogP) is 6.58. The van der Waals surface area contributed by atoms with Crippen LogP contribution in [0.1, 0.15) is 43.6 Å². The van der Waals surface area contributed by atoms with Crippen molar-refractivity contribution in [3.63, 3.8) is 0 Å². The molecule has 0 aromatic heterocycles. The Balaban J connectivity index is 1.84. The minimum atomic E-state index is -5.15. The van der Waals surface area contributed by atoms with Gasteiger partial charge in [0.05, 0.1) is 0 Å². The largest absolute Gasteiger partial charge is 0.573 e. The van der Waals surface area contributed by atoms with E-state index in [0.717, 1.165) is 25.0 Å². The molecule has 2 aromatic rings. The van der Waals surface area contributed by atoms with E-state index < -0.39 is 23.7 Å². The molecule has 1 saturated carbocycles. The van der Waals surface area contributed by atoms with Crippen LogP contribution in [0, 0.1) is 11.6 Å². The van der Waals surface area contributed by atoms with Gasteiger partial charge in [-0.3, -0.25) is 0 Å². The van der Waals surface area contributed by atoms with Crippen LogP contribution in [0.4, 0.5) is 22.0 Å². The molecule has 0 radical (unpaired) electrons. The topological polar surface area (TPSA) is 9.23 Å². The van der Waals surface area contributed by atoms with Gasteiger partial charge in [-0.05, 0) is 47.6 Å². The van der Waals surface area contributed by atoms with Gasteiger partial charge in [0, 0.05) is 0 Å². The quantitative estimate of drug-likeness (QED) is 0.565. The Hall–Kier alpha value is -2.11. The third-order valence-corrected chi connectivity index (χ3v) is 4.54. The van der Waals surface area contributed by atoms with Crippen molar-refractivity contribution in [2.24, 2.45) is 0 Å². The standard InChI is InChI=1S/C19H17F5O/c20-16-10-15(11-17(21)18(16)25-19(22,23)24)14-8-6-13(7-9-14)12-4-2-1-3-5-12/h6-12H,1-5H2. The molecular weight excluding hydrogens is 339 g/mol. The number of alkyl halides is 3. The van der Waals surface area contributed by atoms with E-state index in [0.29, 0.717) is 11.5 Å². The first-order valence-corrected chi connectivity index (χ1v) is 8.18. The number of halogens is 5. The van der Waals surface area contributed by atoms with E-state index in [1.165, 1.54) is 24.8 Å². The Morgan fingerprint density at radius 3 is 1.88 bits per heavy atom. The summed E-state index contributed by atoms with van der Waals surface area (Å²) in [5, 5.41) is 0. The molecule has 0 bridgehead atoms. The number of ether oxygens (including phenoxy) is 1. The summed E-state index contributed by atoms with van der Waals surface area (Å²) in [5.74, 6) is -3.71. The Labute approximate surface area is 142 Å². The SMILES string of the molecule is Fc1cc(-c2ccc(C3CCCCC3)cc2)cc(F)c1OC(F)(F)F. The van der Waals surface area contributed by atoms with E-state index in [1.54, 1.807) is 12.1 Å². The zero-order chi connectivity index (χ0) is 18.0. The Morgan fingerprint density at radius 2 is 1.36 bits per heavy atom. The first kappa shape index (κ1) is 17.7. The molecule has 0 spiro atoms. The van der Waals surface area contributed by atoms with Crippen LogP contribution in [0.3, 0.4) is 0 Å². The van der Waals surface area contributed by atoms with Crippen molar-refractivity contribution < 1.29 is 26.7 Å². The average molecular weight is 356 g/mol. The fourth-order valence-electron chi connectivity index (χ4n) is 3.32. The molecule has 1 fully saturated rings. The fourth-order valence-corrected chi connectivity index (χ4v) is 3.32. The van der Waals surface area contributed by atoms with Crippen molar-refractivity contribution in [3.05, 3.63) is 53.6 Å². The molecule has 134 valence electrons. The lowest BCUT2D eigenvalue weighted by Crippen LogP contribution is -2.19. The number of rotatable bonds is 3. The molecule has 0 heterocycles. The number of hydrogen-bond acceptors (Lipinski definition) is 1. The smallest absolute Gasteiger partial charge is 0.399 e. The maximum atomic E-state index is 13.8. The first-order chi connectivity index (χ1) is 11.8. The van der Waals surface area contributed by atoms with Gasteiger partial charge in [-0.25, -0.2) is 8.78 Å². The normalized spacial score (nSPS) is 16.0. The first-order valence-electron chi connectivity index (χ1n) is 8.18. The van der Waals surface area contributed by atoms with Gasteiger partial charge in [-0.15, -0.1) is 13.2 Å². The summed E-state index contributed by atoms with van der Waals surface area (Å²) in [4.78, 5) is 0. The molecule has 0 aliphatic heterocycles. The van der Waals surface area contributed by atoms with Crippen LogP contribution in [0.25, 0.3) is 11.1 Å². The van der Waals surface area contributed by atoms with Gasteiger partial charge < -0.3 is 4.74 Å². The summed E-state index contributed by atoms with van der Waals surface area (Å²) in [7, 11) is 0. The molecule has 2 aromatic carbocycles. The van der Waals surface area contributed by atoms with Crippen molar-refractivity contribution >= 4 is 0 Å². The lowest BCUT2D eigenvalue weighted by atomic mass is 9.84. The van der Waals surface area contributed by atoms with Crippen LogP contribution in [0.5, 0.6) is 5.75 Å². The van der Waals surface area contributed by atoms with E-state index in [4.69, 9.17) is 0 Å². The molecular formula is C19H17F5O. The van der Waals surface area contributed by atoms with Gasteiger partial charge in [0.1, 0.15) is 0 Å². The Kier molecular flexibility index (Phi) is 4.97. The van der Waals surface area contributed by atoms with Crippen molar-refractivity contribution in [2.45, 2.75) is 44.4 Å². The third-order valence-electron chi connectivity index (χ3n) is 4.54. The Bertz CT molecular complexity index is 707. The highest BCUT2D eigenvalue weighted by Gasteiger charge is 2.34. The molecule has 1 aliphatic rings. The summed E-state index contributed by atoms with van der Waals surface area (Å²) >= 11 is 0. The maximum Gasteiger partial charge on any atom is 0.573 e. The lowest BCUT2D eigenvalue weighted by Gasteiger charge is -2.22. The van der Waals surface area contributed by atoms with Crippen LogP contribution in [-0.2, 0) is 0 Å². The van der Waals surface area contributed by atoms with Crippen molar-refractivity contribution in [1.82, 2.24) is 0 Å². The van der Waals surface area contributed by atoms with E-state index in [2.05, 4.69) is 4.74 Å². The molecule has 0 amide bonds. The Morgan fingerprint density at radius 1 is 0.800 bits per heavy atom. The zero-order valence-electron chi connectivity index (χ0n) is 13.4. The molecule has 1 aliphatic carbocycles. The van der Waals surface area contributed by atoms with Gasteiger partial charge >= 0.3 is 6.36 Å². The number of hydrogen-bond donors (Lipinski definition) is 0. The summed E-state index contributed by atoms with van der Waals surface area (Å²) in [6, 6.07) is 9.01. The van der Waals surface area contributed by atoms with E-state index in [-0.39, 0.29) is 5.56 Å². The van der Waals surface area contributed by atoms with Crippen LogP contribution >= 0.6 is 0 Å². The summed E-state index contributed by atoms with van der Waals surface area (Å²) < 4.78 is 67.6. The van der Waals surface area contributed by atoms with E-state index in [1.807, 2.05) is 12.1 Å². The fraction of sp³-hybridized carbons (Fsp3) is 0.368. The van der Waals surface area contributed by atoms with Gasteiger partial charge in [0.15, 0.2) is 11.6 Å². The highest BCUT2D eigenvalue weighted by atomic mass is 19.4. The molecule has 25 heavy (non-hydrogen) atoms. The molecule has 1 nitrogen and oxygen atoms in total. The van der Waals surface area contributed by atoms with Gasteiger partial charge in [0.25, 0.3) is 0 Å². The van der Waals surface area contributed by atoms with Crippen molar-refractivity contribution in [2.75, 3.05) is 0 Å². The second-order valence-corrected chi connectivity index (χ2v) is 6.27. The monoisotopic (exact) mass is 356 g/mol. The van der Waals surface area contributed by atoms with Crippen LogP contribution < -0.4 is 4.74 Å². The lowest BCUT2D eigenvalue weighted by molar-refractivity contribution is -0.276. The second-order valence-electron chi connectivity index (χ2n) is 6.27. The van der Waals surface area contributed by atoms with Gasteiger partial charge in [-0.1, -0.05) is 43.5 Å². The zero-order valence-corrected chi connectivity index (χ0v) is 13.4. The van der Waals surface area contributed by atoms with Gasteiger partial charge in [0.2, 0.25) is 5.75 Å². The highest BCUT2D eigenvalue weighted by Crippen LogP contribution is 2.35. The highest BCUT2D eigenvalue weighted by molar-refractivity contribution is 5.65. The van der Waals surface area contributed by atoms with Crippen LogP contribution in [0.2, 0.25) is 0 Å². The van der Waals surface area contributed by atoms with Crippen molar-refractivity contribution in [1.29, 1.82) is 0 Å². The molecule has 0 saturated heterocycles. The molecule has 3 rings (SSSR count). The minimum Gasteiger partial charge on any atom is -0.399 e. The van der Waals surface area contributed by atoms with E-state index in [9.17, 15) is 22.0 Å². The maximum absolute atomic E-state index is 13.8. The predicted molar refractivity (Wildman–Crippen MR) is 84.3 cm³/mol. The minimum absolute atomic E-state index is 0.166. The average Bonchev–Trinajstić information content (AvgIpc) is 2.58. The summed E-state index contributed by atoms with van der Waals surface area (Å²) in [5.41, 5.74) is 1.89. The summed E-state index contributed by atoms with van der Waals surface area (Å²) in [6.07, 6.45) is 0.759. The van der Waals surface area contributed by atoms with Crippen LogP contribution in [-0.4, -0.2) is 6.36 Å². The van der Waals surface area contributed by atoms with Crippen molar-refractivity contribution in [3.8, 4) is 16.9 Å². The molecule has 0 atom stereocenters. The molecule has 0 unspecified atom stereocenters. The van der Waals surface area contributed by atoms with Gasteiger partial charge in [-0.2, -0.15) is 0 Å². The number of benzene rings is 2. The second kappa shape index (κ2) is 7.02. The van der Waals surface area contributed by atoms with Crippen LogP contribution in [0.15, 0.2) is 36.4 Å². The molecule has 6 heteroatoms. The summed E-state index contributed by atoms with van der Waals surface area (Å²) in [6.45, 7) is 0. The van der Waals surface area contributed by atoms with E-state index >= 15 is 0 Å².